The molecule has 0 amide bonds. The van der Waals surface area contributed by atoms with Crippen LogP contribution in [-0.4, -0.2) is 12.9 Å². The molecule has 0 atom stereocenters. The Morgan fingerprint density at radius 1 is 0.905 bits per heavy atom. The molecule has 0 aliphatic rings. The lowest BCUT2D eigenvalue weighted by Crippen LogP contribution is -2.04. The Labute approximate surface area is 124 Å². The number of fused-ring (bicyclic) bond motifs is 1. The molecular weight excluding hydrogens is 260 g/mol. The molecule has 0 heterocycles. The highest BCUT2D eigenvalue weighted by Gasteiger charge is 2.10. The van der Waals surface area contributed by atoms with E-state index in [1.807, 2.05) is 66.7 Å². The zero-order valence-corrected chi connectivity index (χ0v) is 11.9. The number of benzene rings is 3. The molecule has 3 aromatic rings. The van der Waals surface area contributed by atoms with Crippen molar-refractivity contribution in [2.24, 2.45) is 0 Å². The fourth-order valence-corrected chi connectivity index (χ4v) is 2.49. The molecule has 0 aromatic heterocycles. The maximum absolute atomic E-state index is 12.6. The fraction of sp³-hybridized carbons (Fsp3) is 0.105. The summed E-state index contributed by atoms with van der Waals surface area (Å²) in [4.78, 5) is 12.6. The van der Waals surface area contributed by atoms with Gasteiger partial charge < -0.3 is 4.74 Å². The summed E-state index contributed by atoms with van der Waals surface area (Å²) in [6, 6.07) is 21.5. The van der Waals surface area contributed by atoms with E-state index < -0.39 is 0 Å². The second-order valence-corrected chi connectivity index (χ2v) is 4.97. The molecule has 0 spiro atoms. The molecule has 2 nitrogen and oxygen atoms in total. The smallest absolute Gasteiger partial charge is 0.167 e. The van der Waals surface area contributed by atoms with E-state index >= 15 is 0 Å². The van der Waals surface area contributed by atoms with Crippen LogP contribution in [0.2, 0.25) is 0 Å². The predicted octanol–water partition coefficient (Wildman–Crippen LogP) is 4.27. The molecule has 2 heteroatoms. The van der Waals surface area contributed by atoms with Gasteiger partial charge in [-0.3, -0.25) is 4.79 Å². The molecule has 0 aliphatic heterocycles. The number of carbonyl (C=O) groups is 1. The second kappa shape index (κ2) is 5.80. The van der Waals surface area contributed by atoms with Crippen molar-refractivity contribution < 1.29 is 9.53 Å². The average Bonchev–Trinajstić information content (AvgIpc) is 2.55. The van der Waals surface area contributed by atoms with Gasteiger partial charge in [0.2, 0.25) is 0 Å². The first-order valence-corrected chi connectivity index (χ1v) is 6.92. The highest BCUT2D eigenvalue weighted by atomic mass is 16.5. The number of hydrogen-bond donors (Lipinski definition) is 0. The maximum Gasteiger partial charge on any atom is 0.167 e. The minimum absolute atomic E-state index is 0.136. The largest absolute Gasteiger partial charge is 0.497 e. The summed E-state index contributed by atoms with van der Waals surface area (Å²) in [6.07, 6.45) is 0.401. The van der Waals surface area contributed by atoms with Gasteiger partial charge in [0.1, 0.15) is 5.75 Å². The monoisotopic (exact) mass is 276 g/mol. The quantitative estimate of drug-likeness (QED) is 0.665. The zero-order chi connectivity index (χ0) is 14.7. The van der Waals surface area contributed by atoms with Gasteiger partial charge in [0.25, 0.3) is 0 Å². The minimum atomic E-state index is 0.136. The average molecular weight is 276 g/mol. The first-order chi connectivity index (χ1) is 10.3. The lowest BCUT2D eigenvalue weighted by Gasteiger charge is -2.06. The number of methoxy groups -OCH3 is 1. The Morgan fingerprint density at radius 2 is 1.62 bits per heavy atom. The third-order valence-electron chi connectivity index (χ3n) is 3.61. The third kappa shape index (κ3) is 2.79. The van der Waals surface area contributed by atoms with Crippen molar-refractivity contribution in [2.45, 2.75) is 6.42 Å². The van der Waals surface area contributed by atoms with E-state index in [1.165, 1.54) is 0 Å². The summed E-state index contributed by atoms with van der Waals surface area (Å²) in [5.41, 5.74) is 1.78. The first-order valence-electron chi connectivity index (χ1n) is 6.92. The Balaban J connectivity index is 1.90. The zero-order valence-electron chi connectivity index (χ0n) is 11.9. The number of rotatable bonds is 4. The molecule has 0 aliphatic carbocycles. The molecule has 3 rings (SSSR count). The molecule has 0 saturated heterocycles. The van der Waals surface area contributed by atoms with Gasteiger partial charge in [0.05, 0.1) is 7.11 Å². The van der Waals surface area contributed by atoms with E-state index in [4.69, 9.17) is 4.74 Å². The van der Waals surface area contributed by atoms with Crippen LogP contribution in [0.5, 0.6) is 5.75 Å². The van der Waals surface area contributed by atoms with E-state index in [9.17, 15) is 4.79 Å². The minimum Gasteiger partial charge on any atom is -0.497 e. The van der Waals surface area contributed by atoms with Crippen LogP contribution in [0.15, 0.2) is 66.7 Å². The van der Waals surface area contributed by atoms with Gasteiger partial charge in [-0.1, -0.05) is 54.6 Å². The standard InChI is InChI=1S/C19H16O2/c1-21-16-11-9-14(10-12-16)13-19(20)18-8-4-6-15-5-2-3-7-17(15)18/h2-12H,13H2,1H3. The highest BCUT2D eigenvalue weighted by Crippen LogP contribution is 2.21. The van der Waals surface area contributed by atoms with Gasteiger partial charge in [0, 0.05) is 12.0 Å². The van der Waals surface area contributed by atoms with Crippen LogP contribution in [-0.2, 0) is 6.42 Å². The van der Waals surface area contributed by atoms with Crippen LogP contribution >= 0.6 is 0 Å². The van der Waals surface area contributed by atoms with Crippen molar-refractivity contribution in [3.63, 3.8) is 0 Å². The topological polar surface area (TPSA) is 26.3 Å². The Kier molecular flexibility index (Phi) is 3.69. The van der Waals surface area contributed by atoms with Crippen molar-refractivity contribution in [1.29, 1.82) is 0 Å². The van der Waals surface area contributed by atoms with Crippen LogP contribution in [0.1, 0.15) is 15.9 Å². The van der Waals surface area contributed by atoms with E-state index in [0.29, 0.717) is 6.42 Å². The predicted molar refractivity (Wildman–Crippen MR) is 85.0 cm³/mol. The van der Waals surface area contributed by atoms with Crippen LogP contribution in [0, 0.1) is 0 Å². The van der Waals surface area contributed by atoms with Crippen LogP contribution < -0.4 is 4.74 Å². The van der Waals surface area contributed by atoms with Gasteiger partial charge >= 0.3 is 0 Å². The summed E-state index contributed by atoms with van der Waals surface area (Å²) in [6.45, 7) is 0. The van der Waals surface area contributed by atoms with E-state index in [-0.39, 0.29) is 5.78 Å². The van der Waals surface area contributed by atoms with Crippen LogP contribution in [0.4, 0.5) is 0 Å². The van der Waals surface area contributed by atoms with Gasteiger partial charge in [-0.25, -0.2) is 0 Å². The van der Waals surface area contributed by atoms with Crippen molar-refractivity contribution >= 4 is 16.6 Å². The second-order valence-electron chi connectivity index (χ2n) is 4.97. The molecule has 0 N–H and O–H groups in total. The first kappa shape index (κ1) is 13.4. The highest BCUT2D eigenvalue weighted by molar-refractivity contribution is 6.08. The summed E-state index contributed by atoms with van der Waals surface area (Å²) in [5, 5.41) is 2.11. The molecule has 0 bridgehead atoms. The molecule has 0 unspecified atom stereocenters. The SMILES string of the molecule is COc1ccc(CC(=O)c2cccc3ccccc23)cc1. The normalized spacial score (nSPS) is 10.5. The third-order valence-corrected chi connectivity index (χ3v) is 3.61. The molecular formula is C19H16O2. The van der Waals surface area contributed by atoms with Crippen molar-refractivity contribution in [1.82, 2.24) is 0 Å². The maximum atomic E-state index is 12.6. The van der Waals surface area contributed by atoms with E-state index in [2.05, 4.69) is 0 Å². The molecule has 0 radical (unpaired) electrons. The van der Waals surface area contributed by atoms with Crippen molar-refractivity contribution in [2.75, 3.05) is 7.11 Å². The Morgan fingerprint density at radius 3 is 2.38 bits per heavy atom. The number of carbonyl (C=O) groups excluding carboxylic acids is 1. The molecule has 0 fully saturated rings. The summed E-state index contributed by atoms with van der Waals surface area (Å²) in [7, 11) is 1.64. The van der Waals surface area contributed by atoms with Crippen LogP contribution in [0.3, 0.4) is 0 Å². The van der Waals surface area contributed by atoms with Crippen molar-refractivity contribution in [3.05, 3.63) is 77.9 Å². The summed E-state index contributed by atoms with van der Waals surface area (Å²) in [5.74, 6) is 0.938. The van der Waals surface area contributed by atoms with Gasteiger partial charge in [-0.2, -0.15) is 0 Å². The lowest BCUT2D eigenvalue weighted by atomic mass is 9.97. The van der Waals surface area contributed by atoms with Gasteiger partial charge in [0.15, 0.2) is 5.78 Å². The van der Waals surface area contributed by atoms with Gasteiger partial charge in [-0.15, -0.1) is 0 Å². The lowest BCUT2D eigenvalue weighted by molar-refractivity contribution is 0.0994. The Hall–Kier alpha value is -2.61. The number of hydrogen-bond acceptors (Lipinski definition) is 2. The van der Waals surface area contributed by atoms with E-state index in [1.54, 1.807) is 7.11 Å². The van der Waals surface area contributed by atoms with Gasteiger partial charge in [-0.05, 0) is 28.5 Å². The molecule has 0 saturated carbocycles. The number of Topliss-reactive ketones (excluding diaryl/α,β-unsaturated/α-hetero) is 1. The molecule has 21 heavy (non-hydrogen) atoms. The molecule has 3 aromatic carbocycles. The fourth-order valence-electron chi connectivity index (χ4n) is 2.49. The van der Waals surface area contributed by atoms with Crippen LogP contribution in [0.25, 0.3) is 10.8 Å². The Bertz CT molecular complexity index is 768. The number of ketones is 1. The van der Waals surface area contributed by atoms with E-state index in [0.717, 1.165) is 27.6 Å². The number of ether oxygens (including phenoxy) is 1. The molecule has 104 valence electrons. The van der Waals surface area contributed by atoms with Crippen molar-refractivity contribution in [3.8, 4) is 5.75 Å². The summed E-state index contributed by atoms with van der Waals surface area (Å²) < 4.78 is 5.13. The summed E-state index contributed by atoms with van der Waals surface area (Å²) >= 11 is 0.